The minimum Gasteiger partial charge on any atom is -0.396 e. The molecule has 2 aliphatic rings. The van der Waals surface area contributed by atoms with Crippen LogP contribution in [-0.2, 0) is 0 Å². The molecule has 1 saturated heterocycles. The van der Waals surface area contributed by atoms with E-state index in [-0.39, 0.29) is 0 Å². The number of thioether (sulfide) groups is 1. The zero-order chi connectivity index (χ0) is 9.10. The molecule has 0 aromatic rings. The third kappa shape index (κ3) is 2.21. The van der Waals surface area contributed by atoms with Crippen molar-refractivity contribution in [2.24, 2.45) is 11.8 Å². The molecule has 2 heteroatoms. The van der Waals surface area contributed by atoms with Crippen LogP contribution in [0.4, 0.5) is 0 Å². The van der Waals surface area contributed by atoms with Gasteiger partial charge in [-0.25, -0.2) is 0 Å². The zero-order valence-corrected chi connectivity index (χ0v) is 9.06. The number of hydrogen-bond donors (Lipinski definition) is 1. The maximum absolute atomic E-state index is 9.40. The van der Waals surface area contributed by atoms with E-state index in [1.165, 1.54) is 44.3 Å². The summed E-state index contributed by atoms with van der Waals surface area (Å²) in [6.07, 6.45) is 8.29. The van der Waals surface area contributed by atoms with Crippen molar-refractivity contribution in [3.8, 4) is 0 Å². The van der Waals surface area contributed by atoms with Gasteiger partial charge in [0.2, 0.25) is 0 Å². The number of hydrogen-bond acceptors (Lipinski definition) is 2. The normalized spacial score (nSPS) is 32.5. The molecule has 0 spiro atoms. The summed E-state index contributed by atoms with van der Waals surface area (Å²) in [7, 11) is 0. The van der Waals surface area contributed by atoms with Crippen LogP contribution < -0.4 is 0 Å². The lowest BCUT2D eigenvalue weighted by molar-refractivity contribution is 0.118. The lowest BCUT2D eigenvalue weighted by Gasteiger charge is -2.38. The molecule has 0 aromatic carbocycles. The van der Waals surface area contributed by atoms with Crippen LogP contribution in [0.1, 0.15) is 38.5 Å². The Labute approximate surface area is 85.3 Å². The molecule has 2 fully saturated rings. The number of aliphatic hydroxyl groups excluding tert-OH is 1. The summed E-state index contributed by atoms with van der Waals surface area (Å²) in [5.74, 6) is 2.81. The Morgan fingerprint density at radius 3 is 2.46 bits per heavy atom. The van der Waals surface area contributed by atoms with E-state index in [4.69, 9.17) is 0 Å². The molecule has 2 atom stereocenters. The van der Waals surface area contributed by atoms with Crippen molar-refractivity contribution >= 4 is 11.8 Å². The Balaban J connectivity index is 1.86. The molecule has 1 saturated carbocycles. The smallest absolute Gasteiger partial charge is 0.0472 e. The highest BCUT2D eigenvalue weighted by atomic mass is 32.2. The second kappa shape index (κ2) is 4.70. The number of aliphatic hydroxyl groups is 1. The average Bonchev–Trinajstić information content (AvgIpc) is 2.12. The molecular formula is C11H20OS. The fourth-order valence-electron chi connectivity index (χ4n) is 2.54. The molecule has 2 unspecified atom stereocenters. The van der Waals surface area contributed by atoms with Crippen molar-refractivity contribution in [1.29, 1.82) is 0 Å². The van der Waals surface area contributed by atoms with Gasteiger partial charge in [0.25, 0.3) is 0 Å². The first-order chi connectivity index (χ1) is 6.42. The fraction of sp³-hybridized carbons (Fsp3) is 1.00. The molecule has 2 rings (SSSR count). The van der Waals surface area contributed by atoms with Crippen molar-refractivity contribution in [1.82, 2.24) is 0 Å². The van der Waals surface area contributed by atoms with Crippen LogP contribution in [0.3, 0.4) is 0 Å². The average molecular weight is 200 g/mol. The van der Waals surface area contributed by atoms with Gasteiger partial charge in [-0.3, -0.25) is 0 Å². The van der Waals surface area contributed by atoms with Gasteiger partial charge in [-0.15, -0.1) is 0 Å². The predicted molar refractivity (Wildman–Crippen MR) is 58.0 cm³/mol. The maximum atomic E-state index is 9.40. The summed E-state index contributed by atoms with van der Waals surface area (Å²) >= 11 is 2.11. The third-order valence-electron chi connectivity index (χ3n) is 3.66. The summed E-state index contributed by atoms with van der Waals surface area (Å²) in [6.45, 7) is 0.433. The van der Waals surface area contributed by atoms with Crippen molar-refractivity contribution in [2.75, 3.05) is 12.4 Å². The first-order valence-electron chi connectivity index (χ1n) is 5.64. The molecule has 0 aromatic heterocycles. The van der Waals surface area contributed by atoms with Crippen molar-refractivity contribution in [3.05, 3.63) is 0 Å². The van der Waals surface area contributed by atoms with Crippen LogP contribution in [0.2, 0.25) is 0 Å². The van der Waals surface area contributed by atoms with E-state index in [1.807, 2.05) is 0 Å². The zero-order valence-electron chi connectivity index (χ0n) is 8.24. The van der Waals surface area contributed by atoms with Gasteiger partial charge in [0, 0.05) is 11.9 Å². The summed E-state index contributed by atoms with van der Waals surface area (Å²) in [4.78, 5) is 0. The van der Waals surface area contributed by atoms with Gasteiger partial charge in [-0.1, -0.05) is 25.7 Å². The second-order valence-electron chi connectivity index (χ2n) is 4.44. The van der Waals surface area contributed by atoms with E-state index in [2.05, 4.69) is 11.8 Å². The molecular weight excluding hydrogens is 180 g/mol. The third-order valence-corrected chi connectivity index (χ3v) is 5.20. The summed E-state index contributed by atoms with van der Waals surface area (Å²) < 4.78 is 0. The summed E-state index contributed by atoms with van der Waals surface area (Å²) in [5, 5.41) is 10.2. The molecule has 1 aliphatic heterocycles. The number of rotatable bonds is 3. The topological polar surface area (TPSA) is 20.2 Å². The standard InChI is InChI=1S/C11H20OS/c12-8-10(9-4-3-5-9)11-6-1-2-7-13-11/h9-12H,1-8H2. The van der Waals surface area contributed by atoms with Gasteiger partial charge >= 0.3 is 0 Å². The Bertz CT molecular complexity index is 150. The van der Waals surface area contributed by atoms with Crippen molar-refractivity contribution in [3.63, 3.8) is 0 Å². The van der Waals surface area contributed by atoms with Gasteiger partial charge in [-0.2, -0.15) is 11.8 Å². The van der Waals surface area contributed by atoms with E-state index in [1.54, 1.807) is 0 Å². The van der Waals surface area contributed by atoms with E-state index in [0.717, 1.165) is 11.2 Å². The highest BCUT2D eigenvalue weighted by Crippen LogP contribution is 2.41. The van der Waals surface area contributed by atoms with Gasteiger partial charge < -0.3 is 5.11 Å². The Kier molecular flexibility index (Phi) is 3.56. The quantitative estimate of drug-likeness (QED) is 0.756. The highest BCUT2D eigenvalue weighted by Gasteiger charge is 2.33. The van der Waals surface area contributed by atoms with E-state index in [9.17, 15) is 5.11 Å². The van der Waals surface area contributed by atoms with Crippen molar-refractivity contribution in [2.45, 2.75) is 43.8 Å². The van der Waals surface area contributed by atoms with Gasteiger partial charge in [-0.05, 0) is 30.4 Å². The fourth-order valence-corrected chi connectivity index (χ4v) is 4.10. The molecule has 1 N–H and O–H groups in total. The SMILES string of the molecule is OCC(C1CCC1)C1CCCCS1. The Morgan fingerprint density at radius 2 is 2.00 bits per heavy atom. The lowest BCUT2D eigenvalue weighted by Crippen LogP contribution is -2.34. The predicted octanol–water partition coefficient (Wildman–Crippen LogP) is 2.68. The monoisotopic (exact) mass is 200 g/mol. The molecule has 76 valence electrons. The van der Waals surface area contributed by atoms with Gasteiger partial charge in [0.1, 0.15) is 0 Å². The van der Waals surface area contributed by atoms with Gasteiger partial charge in [0.05, 0.1) is 0 Å². The molecule has 13 heavy (non-hydrogen) atoms. The lowest BCUT2D eigenvalue weighted by atomic mass is 9.74. The minimum absolute atomic E-state index is 0.433. The first-order valence-corrected chi connectivity index (χ1v) is 6.69. The van der Waals surface area contributed by atoms with Crippen LogP contribution in [0.25, 0.3) is 0 Å². The Morgan fingerprint density at radius 1 is 1.15 bits per heavy atom. The summed E-state index contributed by atoms with van der Waals surface area (Å²) in [6, 6.07) is 0. The van der Waals surface area contributed by atoms with E-state index in [0.29, 0.717) is 12.5 Å². The molecule has 0 radical (unpaired) electrons. The van der Waals surface area contributed by atoms with Crippen LogP contribution in [0.15, 0.2) is 0 Å². The molecule has 0 bridgehead atoms. The highest BCUT2D eigenvalue weighted by molar-refractivity contribution is 7.99. The maximum Gasteiger partial charge on any atom is 0.0472 e. The van der Waals surface area contributed by atoms with E-state index < -0.39 is 0 Å². The molecule has 1 nitrogen and oxygen atoms in total. The molecule has 1 heterocycles. The summed E-state index contributed by atoms with van der Waals surface area (Å²) in [5.41, 5.74) is 0. The van der Waals surface area contributed by atoms with Crippen LogP contribution in [0.5, 0.6) is 0 Å². The van der Waals surface area contributed by atoms with Crippen LogP contribution >= 0.6 is 11.8 Å². The van der Waals surface area contributed by atoms with Crippen molar-refractivity contribution < 1.29 is 5.11 Å². The minimum atomic E-state index is 0.433. The van der Waals surface area contributed by atoms with Crippen LogP contribution in [-0.4, -0.2) is 22.7 Å². The molecule has 1 aliphatic carbocycles. The Hall–Kier alpha value is 0.310. The van der Waals surface area contributed by atoms with Crippen LogP contribution in [0, 0.1) is 11.8 Å². The second-order valence-corrected chi connectivity index (χ2v) is 5.79. The van der Waals surface area contributed by atoms with E-state index >= 15 is 0 Å². The first kappa shape index (κ1) is 9.85. The van der Waals surface area contributed by atoms with Gasteiger partial charge in [0.15, 0.2) is 0 Å². The largest absolute Gasteiger partial charge is 0.396 e. The molecule has 0 amide bonds.